The van der Waals surface area contributed by atoms with E-state index in [0.29, 0.717) is 5.69 Å². The summed E-state index contributed by atoms with van der Waals surface area (Å²) >= 11 is 1.55. The van der Waals surface area contributed by atoms with Crippen LogP contribution in [0.2, 0.25) is 0 Å². The third-order valence-corrected chi connectivity index (χ3v) is 4.43. The van der Waals surface area contributed by atoms with E-state index in [4.69, 9.17) is 5.73 Å². The minimum absolute atomic E-state index is 0.611. The van der Waals surface area contributed by atoms with Gasteiger partial charge in [-0.25, -0.2) is 9.97 Å². The number of nitrogens with two attached hydrogens (primary N) is 1. The second-order valence-corrected chi connectivity index (χ2v) is 6.24. The van der Waals surface area contributed by atoms with E-state index >= 15 is 0 Å². The summed E-state index contributed by atoms with van der Waals surface area (Å²) in [5, 5.41) is 0.779. The fourth-order valence-corrected chi connectivity index (χ4v) is 3.11. The predicted molar refractivity (Wildman–Crippen MR) is 95.6 cm³/mol. The lowest BCUT2D eigenvalue weighted by atomic mass is 10.2. The monoisotopic (exact) mass is 322 g/mol. The molecule has 0 bridgehead atoms. The molecule has 2 N–H and O–H groups in total. The third kappa shape index (κ3) is 3.81. The average molecular weight is 322 g/mol. The van der Waals surface area contributed by atoms with Crippen molar-refractivity contribution in [2.75, 3.05) is 17.7 Å². The summed E-state index contributed by atoms with van der Waals surface area (Å²) in [6.07, 6.45) is 1.57. The van der Waals surface area contributed by atoms with Gasteiger partial charge in [0.05, 0.1) is 0 Å². The number of anilines is 2. The maximum atomic E-state index is 6.30. The molecule has 4 nitrogen and oxygen atoms in total. The zero-order valence-corrected chi connectivity index (χ0v) is 13.7. The molecule has 5 heteroatoms. The molecule has 0 aliphatic rings. The first kappa shape index (κ1) is 15.4. The van der Waals surface area contributed by atoms with Crippen LogP contribution in [0.3, 0.4) is 0 Å². The maximum Gasteiger partial charge on any atom is 0.156 e. The molecule has 0 aliphatic carbocycles. The summed E-state index contributed by atoms with van der Waals surface area (Å²) in [6.45, 7) is 0.748. The molecule has 0 saturated carbocycles. The molecule has 3 rings (SSSR count). The van der Waals surface area contributed by atoms with Crippen molar-refractivity contribution in [2.24, 2.45) is 0 Å². The van der Waals surface area contributed by atoms with Crippen LogP contribution in [0.15, 0.2) is 76.9 Å². The van der Waals surface area contributed by atoms with Crippen LogP contribution in [-0.4, -0.2) is 17.0 Å². The van der Waals surface area contributed by atoms with E-state index in [2.05, 4.69) is 22.1 Å². The summed E-state index contributed by atoms with van der Waals surface area (Å²) in [7, 11) is 1.99. The van der Waals surface area contributed by atoms with Crippen molar-refractivity contribution in [3.05, 3.63) is 72.6 Å². The summed E-state index contributed by atoms with van der Waals surface area (Å²) in [5.41, 5.74) is 8.12. The fourth-order valence-electron chi connectivity index (χ4n) is 2.29. The average Bonchev–Trinajstić information content (AvgIpc) is 2.58. The Bertz CT molecular complexity index is 762. The minimum atomic E-state index is 0.611. The lowest BCUT2D eigenvalue weighted by molar-refractivity contribution is 0.882. The molecule has 3 aromatic rings. The Morgan fingerprint density at radius 1 is 0.957 bits per heavy atom. The fraction of sp³-hybridized carbons (Fsp3) is 0.111. The zero-order chi connectivity index (χ0) is 16.1. The van der Waals surface area contributed by atoms with Crippen molar-refractivity contribution >= 4 is 23.3 Å². The van der Waals surface area contributed by atoms with Crippen LogP contribution in [0.1, 0.15) is 5.56 Å². The molecule has 0 saturated heterocycles. The molecule has 0 fully saturated rings. The SMILES string of the molecule is CN(Cc1ccccc1)c1ncnc(Sc2ccccc2)c1N. The van der Waals surface area contributed by atoms with Gasteiger partial charge in [-0.15, -0.1) is 0 Å². The van der Waals surface area contributed by atoms with Crippen molar-refractivity contribution in [3.63, 3.8) is 0 Å². The van der Waals surface area contributed by atoms with Crippen molar-refractivity contribution in [3.8, 4) is 0 Å². The summed E-state index contributed by atoms with van der Waals surface area (Å²) in [5.74, 6) is 0.752. The quantitative estimate of drug-likeness (QED) is 0.723. The van der Waals surface area contributed by atoms with Gasteiger partial charge >= 0.3 is 0 Å². The number of hydrogen-bond donors (Lipinski definition) is 1. The van der Waals surface area contributed by atoms with Crippen LogP contribution in [-0.2, 0) is 6.54 Å². The molecular formula is C18H18N4S. The third-order valence-electron chi connectivity index (χ3n) is 3.41. The summed E-state index contributed by atoms with van der Waals surface area (Å²) in [6, 6.07) is 20.3. The summed E-state index contributed by atoms with van der Waals surface area (Å²) < 4.78 is 0. The van der Waals surface area contributed by atoms with E-state index in [9.17, 15) is 0 Å². The molecular weight excluding hydrogens is 304 g/mol. The normalized spacial score (nSPS) is 10.5. The van der Waals surface area contributed by atoms with Gasteiger partial charge in [0.1, 0.15) is 17.0 Å². The first-order valence-corrected chi connectivity index (χ1v) is 8.14. The molecule has 0 atom stereocenters. The number of benzene rings is 2. The molecule has 0 aliphatic heterocycles. The van der Waals surface area contributed by atoms with Gasteiger partial charge in [-0.2, -0.15) is 0 Å². The highest BCUT2D eigenvalue weighted by Crippen LogP contribution is 2.34. The van der Waals surface area contributed by atoms with Crippen molar-refractivity contribution in [2.45, 2.75) is 16.5 Å². The lowest BCUT2D eigenvalue weighted by Crippen LogP contribution is -2.19. The van der Waals surface area contributed by atoms with Crippen LogP contribution in [0.4, 0.5) is 11.5 Å². The van der Waals surface area contributed by atoms with E-state index in [1.807, 2.05) is 60.5 Å². The van der Waals surface area contributed by atoms with Gasteiger partial charge < -0.3 is 10.6 Å². The number of nitrogens with zero attached hydrogens (tertiary/aromatic N) is 3. The first-order valence-electron chi connectivity index (χ1n) is 7.32. The Labute approximate surface area is 140 Å². The Balaban J connectivity index is 1.81. The van der Waals surface area contributed by atoms with Crippen molar-refractivity contribution in [1.82, 2.24) is 9.97 Å². The Kier molecular flexibility index (Phi) is 4.78. The predicted octanol–water partition coefficient (Wildman–Crippen LogP) is 3.85. The van der Waals surface area contributed by atoms with Crippen LogP contribution in [0.5, 0.6) is 0 Å². The smallest absolute Gasteiger partial charge is 0.156 e. The van der Waals surface area contributed by atoms with Gasteiger partial charge in [-0.3, -0.25) is 0 Å². The molecule has 1 heterocycles. The molecule has 0 amide bonds. The van der Waals surface area contributed by atoms with Gasteiger partial charge in [-0.05, 0) is 17.7 Å². The number of nitrogen functional groups attached to an aromatic ring is 1. The topological polar surface area (TPSA) is 55.0 Å². The van der Waals surface area contributed by atoms with Gasteiger partial charge in [0.15, 0.2) is 5.82 Å². The Hall–Kier alpha value is -2.53. The highest BCUT2D eigenvalue weighted by atomic mass is 32.2. The van der Waals surface area contributed by atoms with Crippen molar-refractivity contribution in [1.29, 1.82) is 0 Å². The second kappa shape index (κ2) is 7.15. The van der Waals surface area contributed by atoms with Crippen LogP contribution in [0.25, 0.3) is 0 Å². The molecule has 23 heavy (non-hydrogen) atoms. The minimum Gasteiger partial charge on any atom is -0.394 e. The van der Waals surface area contributed by atoms with Crippen LogP contribution < -0.4 is 10.6 Å². The van der Waals surface area contributed by atoms with E-state index < -0.39 is 0 Å². The Morgan fingerprint density at radius 2 is 1.61 bits per heavy atom. The second-order valence-electron chi connectivity index (χ2n) is 5.17. The summed E-state index contributed by atoms with van der Waals surface area (Å²) in [4.78, 5) is 11.8. The van der Waals surface area contributed by atoms with Gasteiger partial charge in [-0.1, -0.05) is 60.3 Å². The van der Waals surface area contributed by atoms with Crippen molar-refractivity contribution < 1.29 is 0 Å². The molecule has 116 valence electrons. The Morgan fingerprint density at radius 3 is 2.30 bits per heavy atom. The van der Waals surface area contributed by atoms with Gasteiger partial charge in [0, 0.05) is 18.5 Å². The zero-order valence-electron chi connectivity index (χ0n) is 12.9. The molecule has 0 radical (unpaired) electrons. The molecule has 1 aromatic heterocycles. The van der Waals surface area contributed by atoms with E-state index in [1.54, 1.807) is 18.1 Å². The van der Waals surface area contributed by atoms with E-state index in [0.717, 1.165) is 22.3 Å². The van der Waals surface area contributed by atoms with Crippen LogP contribution >= 0.6 is 11.8 Å². The largest absolute Gasteiger partial charge is 0.394 e. The molecule has 2 aromatic carbocycles. The number of hydrogen-bond acceptors (Lipinski definition) is 5. The van der Waals surface area contributed by atoms with E-state index in [-0.39, 0.29) is 0 Å². The first-order chi connectivity index (χ1) is 11.2. The maximum absolute atomic E-state index is 6.30. The highest BCUT2D eigenvalue weighted by Gasteiger charge is 2.13. The van der Waals surface area contributed by atoms with Gasteiger partial charge in [0.2, 0.25) is 0 Å². The number of rotatable bonds is 5. The molecule has 0 unspecified atom stereocenters. The standard InChI is InChI=1S/C18H18N4S/c1-22(12-14-8-4-2-5-9-14)17-16(19)18(21-13-20-17)23-15-10-6-3-7-11-15/h2-11,13H,12,19H2,1H3. The molecule has 0 spiro atoms. The number of aromatic nitrogens is 2. The lowest BCUT2D eigenvalue weighted by Gasteiger charge is -2.20. The van der Waals surface area contributed by atoms with Crippen LogP contribution in [0, 0.1) is 0 Å². The highest BCUT2D eigenvalue weighted by molar-refractivity contribution is 7.99. The van der Waals surface area contributed by atoms with E-state index in [1.165, 1.54) is 5.56 Å². The van der Waals surface area contributed by atoms with Gasteiger partial charge in [0.25, 0.3) is 0 Å².